The highest BCUT2D eigenvalue weighted by Gasteiger charge is 2.16. The minimum absolute atomic E-state index is 1.09. The van der Waals surface area contributed by atoms with E-state index in [1.54, 1.807) is 0 Å². The predicted molar refractivity (Wildman–Crippen MR) is 150 cm³/mol. The maximum Gasteiger partial charge on any atom is 0.0490 e. The second kappa shape index (κ2) is 9.90. The van der Waals surface area contributed by atoms with Gasteiger partial charge in [-0.1, -0.05) is 78.9 Å². The summed E-state index contributed by atoms with van der Waals surface area (Å²) in [6, 6.07) is 43.0. The Morgan fingerprint density at radius 3 is 1.43 bits per heavy atom. The van der Waals surface area contributed by atoms with Crippen LogP contribution in [0.1, 0.15) is 16.7 Å². The molecule has 0 saturated carbocycles. The zero-order chi connectivity index (χ0) is 24.2. The van der Waals surface area contributed by atoms with Gasteiger partial charge in [-0.25, -0.2) is 0 Å². The van der Waals surface area contributed by atoms with E-state index in [0.717, 1.165) is 17.1 Å². The number of hydrogen-bond acceptors (Lipinski definition) is 2. The molecule has 0 saturated heterocycles. The lowest BCUT2D eigenvalue weighted by molar-refractivity contribution is 1.23. The van der Waals surface area contributed by atoms with Gasteiger partial charge in [0.15, 0.2) is 0 Å². The molecule has 0 radical (unpaired) electrons. The minimum atomic E-state index is 1.09. The van der Waals surface area contributed by atoms with Gasteiger partial charge in [0.2, 0.25) is 0 Å². The molecule has 0 amide bonds. The summed E-state index contributed by atoms with van der Waals surface area (Å²) in [4.78, 5) is 2.35. The fourth-order valence-corrected chi connectivity index (χ4v) is 4.45. The monoisotopic (exact) mass is 454 g/mol. The first-order valence-corrected chi connectivity index (χ1v) is 12.0. The van der Waals surface area contributed by atoms with Gasteiger partial charge in [-0.3, -0.25) is 0 Å². The van der Waals surface area contributed by atoms with E-state index >= 15 is 0 Å². The molecule has 0 unspecified atom stereocenters. The Kier molecular flexibility index (Phi) is 6.36. The molecule has 0 bridgehead atoms. The molecule has 0 aromatic heterocycles. The number of nitrogens with one attached hydrogen (secondary N) is 1. The highest BCUT2D eigenvalue weighted by Crippen LogP contribution is 2.38. The van der Waals surface area contributed by atoms with Crippen molar-refractivity contribution in [3.8, 4) is 11.1 Å². The molecule has 2 heteroatoms. The SMILES string of the molecule is Cc1ccccc1Nc1ccc(-c2ccc(N(c3ccccc3C)c3ccccc3C)cc2)cc1. The van der Waals surface area contributed by atoms with Gasteiger partial charge >= 0.3 is 0 Å². The van der Waals surface area contributed by atoms with Gasteiger partial charge in [-0.05, 0) is 91.1 Å². The summed E-state index contributed by atoms with van der Waals surface area (Å²) < 4.78 is 0. The molecule has 35 heavy (non-hydrogen) atoms. The highest BCUT2D eigenvalue weighted by molar-refractivity contribution is 5.81. The van der Waals surface area contributed by atoms with Crippen LogP contribution in [0.25, 0.3) is 11.1 Å². The molecule has 5 aromatic carbocycles. The molecule has 5 rings (SSSR count). The van der Waals surface area contributed by atoms with Gasteiger partial charge in [0, 0.05) is 28.4 Å². The molecule has 0 aliphatic heterocycles. The van der Waals surface area contributed by atoms with Gasteiger partial charge in [-0.2, -0.15) is 0 Å². The Balaban J connectivity index is 1.44. The predicted octanol–water partition coefficient (Wildman–Crippen LogP) is 9.49. The molecule has 172 valence electrons. The number of rotatable bonds is 6. The second-order valence-electron chi connectivity index (χ2n) is 8.97. The fraction of sp³-hybridized carbons (Fsp3) is 0.0909. The van der Waals surface area contributed by atoms with E-state index in [1.165, 1.54) is 39.2 Å². The number of nitrogens with zero attached hydrogens (tertiary/aromatic N) is 1. The first-order valence-electron chi connectivity index (χ1n) is 12.0. The lowest BCUT2D eigenvalue weighted by atomic mass is 10.0. The molecule has 0 aliphatic carbocycles. The van der Waals surface area contributed by atoms with Crippen LogP contribution in [0.15, 0.2) is 121 Å². The summed E-state index contributed by atoms with van der Waals surface area (Å²) in [6.07, 6.45) is 0. The fourth-order valence-electron chi connectivity index (χ4n) is 4.45. The zero-order valence-corrected chi connectivity index (χ0v) is 20.5. The molecular formula is C33H30N2. The van der Waals surface area contributed by atoms with Crippen molar-refractivity contribution < 1.29 is 0 Å². The van der Waals surface area contributed by atoms with Crippen LogP contribution in [0.3, 0.4) is 0 Å². The van der Waals surface area contributed by atoms with Crippen LogP contribution in [0.5, 0.6) is 0 Å². The van der Waals surface area contributed by atoms with Crippen molar-refractivity contribution in [3.05, 3.63) is 138 Å². The molecule has 5 aromatic rings. The Hall–Kier alpha value is -4.30. The zero-order valence-electron chi connectivity index (χ0n) is 20.5. The van der Waals surface area contributed by atoms with Gasteiger partial charge in [-0.15, -0.1) is 0 Å². The Morgan fingerprint density at radius 2 is 0.914 bits per heavy atom. The smallest absolute Gasteiger partial charge is 0.0490 e. The first-order chi connectivity index (χ1) is 17.1. The van der Waals surface area contributed by atoms with E-state index in [1.807, 2.05) is 0 Å². The number of hydrogen-bond donors (Lipinski definition) is 1. The second-order valence-corrected chi connectivity index (χ2v) is 8.97. The Labute approximate surface area is 208 Å². The van der Waals surface area contributed by atoms with E-state index in [0.29, 0.717) is 0 Å². The van der Waals surface area contributed by atoms with Crippen LogP contribution in [-0.4, -0.2) is 0 Å². The number of anilines is 5. The van der Waals surface area contributed by atoms with E-state index in [-0.39, 0.29) is 0 Å². The molecule has 0 heterocycles. The highest BCUT2D eigenvalue weighted by atomic mass is 15.1. The van der Waals surface area contributed by atoms with Crippen LogP contribution in [0.4, 0.5) is 28.4 Å². The summed E-state index contributed by atoms with van der Waals surface area (Å²) in [5.74, 6) is 0. The molecule has 0 aliphatic rings. The van der Waals surface area contributed by atoms with E-state index in [2.05, 4.69) is 152 Å². The molecule has 1 N–H and O–H groups in total. The van der Waals surface area contributed by atoms with E-state index < -0.39 is 0 Å². The van der Waals surface area contributed by atoms with Crippen molar-refractivity contribution in [1.29, 1.82) is 0 Å². The minimum Gasteiger partial charge on any atom is -0.355 e. The quantitative estimate of drug-likeness (QED) is 0.275. The number of para-hydroxylation sites is 3. The lowest BCUT2D eigenvalue weighted by Crippen LogP contribution is -2.12. The third kappa shape index (κ3) is 4.83. The van der Waals surface area contributed by atoms with Crippen LogP contribution < -0.4 is 10.2 Å². The van der Waals surface area contributed by atoms with E-state index in [4.69, 9.17) is 0 Å². The molecule has 0 spiro atoms. The summed E-state index contributed by atoms with van der Waals surface area (Å²) in [5, 5.41) is 3.52. The summed E-state index contributed by atoms with van der Waals surface area (Å²) in [5.41, 5.74) is 11.9. The van der Waals surface area contributed by atoms with Crippen LogP contribution >= 0.6 is 0 Å². The van der Waals surface area contributed by atoms with Crippen LogP contribution in [-0.2, 0) is 0 Å². The third-order valence-corrected chi connectivity index (χ3v) is 6.48. The molecule has 2 nitrogen and oxygen atoms in total. The van der Waals surface area contributed by atoms with Crippen LogP contribution in [0, 0.1) is 20.8 Å². The van der Waals surface area contributed by atoms with Crippen molar-refractivity contribution in [2.24, 2.45) is 0 Å². The van der Waals surface area contributed by atoms with Crippen molar-refractivity contribution in [3.63, 3.8) is 0 Å². The van der Waals surface area contributed by atoms with Crippen molar-refractivity contribution in [2.75, 3.05) is 10.2 Å². The molecule has 0 fully saturated rings. The standard InChI is InChI=1S/C33H30N2/c1-24-10-4-7-13-31(24)34-29-20-16-27(17-21-29)28-18-22-30(23-19-28)35(32-14-8-5-11-25(32)2)33-15-9-6-12-26(33)3/h4-23,34H,1-3H3. The topological polar surface area (TPSA) is 15.3 Å². The van der Waals surface area contributed by atoms with E-state index in [9.17, 15) is 0 Å². The third-order valence-electron chi connectivity index (χ3n) is 6.48. The number of benzene rings is 5. The molecular weight excluding hydrogens is 424 g/mol. The van der Waals surface area contributed by atoms with Gasteiger partial charge in [0.25, 0.3) is 0 Å². The summed E-state index contributed by atoms with van der Waals surface area (Å²) in [7, 11) is 0. The largest absolute Gasteiger partial charge is 0.355 e. The maximum atomic E-state index is 3.52. The first kappa shape index (κ1) is 22.5. The lowest BCUT2D eigenvalue weighted by Gasteiger charge is -2.28. The normalized spacial score (nSPS) is 10.7. The van der Waals surface area contributed by atoms with Crippen molar-refractivity contribution >= 4 is 28.4 Å². The van der Waals surface area contributed by atoms with Gasteiger partial charge < -0.3 is 10.2 Å². The van der Waals surface area contributed by atoms with Gasteiger partial charge in [0.1, 0.15) is 0 Å². The Morgan fingerprint density at radius 1 is 0.457 bits per heavy atom. The molecule has 0 atom stereocenters. The number of aryl methyl sites for hydroxylation is 3. The van der Waals surface area contributed by atoms with Crippen molar-refractivity contribution in [1.82, 2.24) is 0 Å². The van der Waals surface area contributed by atoms with Crippen molar-refractivity contribution in [2.45, 2.75) is 20.8 Å². The average Bonchev–Trinajstić information content (AvgIpc) is 2.89. The summed E-state index contributed by atoms with van der Waals surface area (Å²) >= 11 is 0. The van der Waals surface area contributed by atoms with Crippen LogP contribution in [0.2, 0.25) is 0 Å². The maximum absolute atomic E-state index is 3.52. The Bertz CT molecular complexity index is 1390. The average molecular weight is 455 g/mol. The van der Waals surface area contributed by atoms with Gasteiger partial charge in [0.05, 0.1) is 0 Å². The summed E-state index contributed by atoms with van der Waals surface area (Å²) in [6.45, 7) is 6.46.